The number of amides is 2. The molecule has 4 rings (SSSR count). The molecular weight excluding hydrogens is 454 g/mol. The third-order valence-electron chi connectivity index (χ3n) is 5.49. The van der Waals surface area contributed by atoms with Crippen LogP contribution in [0.3, 0.4) is 0 Å². The summed E-state index contributed by atoms with van der Waals surface area (Å²) in [6, 6.07) is 30.5. The molecule has 0 saturated carbocycles. The van der Waals surface area contributed by atoms with E-state index in [0.29, 0.717) is 17.8 Å². The summed E-state index contributed by atoms with van der Waals surface area (Å²) < 4.78 is 0. The second-order valence-electron chi connectivity index (χ2n) is 7.81. The first kappa shape index (κ1) is 23.9. The fourth-order valence-corrected chi connectivity index (χ4v) is 4.00. The van der Waals surface area contributed by atoms with Crippen LogP contribution in [0, 0.1) is 0 Å². The second-order valence-corrected chi connectivity index (χ2v) is 8.22. The van der Waals surface area contributed by atoms with Crippen molar-refractivity contribution in [2.45, 2.75) is 6.92 Å². The average molecular weight is 480 g/mol. The Morgan fingerprint density at radius 3 is 2.29 bits per heavy atom. The van der Waals surface area contributed by atoms with Gasteiger partial charge in [-0.05, 0) is 78.0 Å². The average Bonchev–Trinajstić information content (AvgIpc) is 2.89. The Bertz CT molecular complexity index is 1380. The minimum atomic E-state index is -0.330. The molecular formula is C29H25N3O2S. The van der Waals surface area contributed by atoms with Crippen LogP contribution in [0.15, 0.2) is 103 Å². The number of carbonyl (C=O) groups excluding carboxylic acids is 2. The van der Waals surface area contributed by atoms with Crippen molar-refractivity contribution in [3.05, 3.63) is 114 Å². The molecule has 0 saturated heterocycles. The zero-order chi connectivity index (χ0) is 24.6. The highest BCUT2D eigenvalue weighted by molar-refractivity contribution is 7.80. The van der Waals surface area contributed by atoms with E-state index in [2.05, 4.69) is 10.6 Å². The number of nitrogens with zero attached hydrogens (tertiary/aromatic N) is 1. The van der Waals surface area contributed by atoms with Crippen molar-refractivity contribution in [3.8, 4) is 0 Å². The van der Waals surface area contributed by atoms with Gasteiger partial charge in [0, 0.05) is 29.6 Å². The van der Waals surface area contributed by atoms with Gasteiger partial charge >= 0.3 is 0 Å². The predicted molar refractivity (Wildman–Crippen MR) is 148 cm³/mol. The van der Waals surface area contributed by atoms with E-state index in [4.69, 9.17) is 12.2 Å². The molecule has 2 amide bonds. The Kier molecular flexibility index (Phi) is 7.65. The Labute approximate surface area is 210 Å². The van der Waals surface area contributed by atoms with Gasteiger partial charge in [0.25, 0.3) is 5.91 Å². The molecule has 0 bridgehead atoms. The highest BCUT2D eigenvalue weighted by atomic mass is 32.1. The standard InChI is InChI=1S/C29H25N3O2S/c1-2-32(25-12-4-3-5-13-25)28(34)23-15-18-24(19-16-23)30-29(35)31-27(33)20-17-22-11-8-10-21-9-6-7-14-26(21)22/h3-20H,2H2,1H3,(H2,30,31,33,35)/b20-17+. The van der Waals surface area contributed by atoms with E-state index in [-0.39, 0.29) is 16.9 Å². The van der Waals surface area contributed by atoms with Crippen LogP contribution in [0.1, 0.15) is 22.8 Å². The molecule has 0 aromatic heterocycles. The second kappa shape index (κ2) is 11.2. The molecule has 0 radical (unpaired) electrons. The maximum Gasteiger partial charge on any atom is 0.258 e. The van der Waals surface area contributed by atoms with Gasteiger partial charge in [-0.3, -0.25) is 14.9 Å². The lowest BCUT2D eigenvalue weighted by Crippen LogP contribution is -2.33. The predicted octanol–water partition coefficient (Wildman–Crippen LogP) is 6.03. The number of nitrogens with one attached hydrogen (secondary N) is 2. The molecule has 4 aromatic carbocycles. The van der Waals surface area contributed by atoms with Gasteiger partial charge in [0.05, 0.1) is 0 Å². The van der Waals surface area contributed by atoms with Gasteiger partial charge in [-0.15, -0.1) is 0 Å². The molecule has 0 heterocycles. The molecule has 0 aliphatic heterocycles. The van der Waals surface area contributed by atoms with Gasteiger partial charge in [0.15, 0.2) is 5.11 Å². The molecule has 174 valence electrons. The number of thiocarbonyl (C=S) groups is 1. The zero-order valence-electron chi connectivity index (χ0n) is 19.3. The van der Waals surface area contributed by atoms with Crippen LogP contribution >= 0.6 is 12.2 Å². The van der Waals surface area contributed by atoms with Crippen LogP contribution in [0.4, 0.5) is 11.4 Å². The number of hydrogen-bond acceptors (Lipinski definition) is 3. The Morgan fingerprint density at radius 1 is 0.857 bits per heavy atom. The summed E-state index contributed by atoms with van der Waals surface area (Å²) in [7, 11) is 0. The van der Waals surface area contributed by atoms with Crippen molar-refractivity contribution in [2.75, 3.05) is 16.8 Å². The minimum Gasteiger partial charge on any atom is -0.332 e. The number of anilines is 2. The molecule has 6 heteroatoms. The number of para-hydroxylation sites is 1. The van der Waals surface area contributed by atoms with Crippen LogP contribution in [0.25, 0.3) is 16.8 Å². The van der Waals surface area contributed by atoms with Crippen molar-refractivity contribution in [2.24, 2.45) is 0 Å². The zero-order valence-corrected chi connectivity index (χ0v) is 20.1. The fraction of sp³-hybridized carbons (Fsp3) is 0.0690. The summed E-state index contributed by atoms with van der Waals surface area (Å²) in [6.07, 6.45) is 3.23. The molecule has 0 aliphatic carbocycles. The summed E-state index contributed by atoms with van der Waals surface area (Å²) in [5.41, 5.74) is 3.04. The topological polar surface area (TPSA) is 61.4 Å². The van der Waals surface area contributed by atoms with Gasteiger partial charge < -0.3 is 10.2 Å². The molecule has 0 unspecified atom stereocenters. The number of fused-ring (bicyclic) bond motifs is 1. The van der Waals surface area contributed by atoms with Crippen molar-refractivity contribution in [3.63, 3.8) is 0 Å². The molecule has 0 spiro atoms. The minimum absolute atomic E-state index is 0.0836. The summed E-state index contributed by atoms with van der Waals surface area (Å²) in [5.74, 6) is -0.414. The van der Waals surface area contributed by atoms with Crippen molar-refractivity contribution in [1.29, 1.82) is 0 Å². The SMILES string of the molecule is CCN(C(=O)c1ccc(NC(=S)NC(=O)/C=C/c2cccc3ccccc23)cc1)c1ccccc1. The van der Waals surface area contributed by atoms with E-state index in [1.54, 1.807) is 35.2 Å². The highest BCUT2D eigenvalue weighted by Gasteiger charge is 2.15. The number of rotatable bonds is 6. The van der Waals surface area contributed by atoms with E-state index < -0.39 is 0 Å². The van der Waals surface area contributed by atoms with Gasteiger partial charge in [0.2, 0.25) is 5.91 Å². The number of hydrogen-bond donors (Lipinski definition) is 2. The van der Waals surface area contributed by atoms with Crippen LogP contribution in [0.5, 0.6) is 0 Å². The van der Waals surface area contributed by atoms with E-state index in [0.717, 1.165) is 22.0 Å². The normalized spacial score (nSPS) is 10.8. The molecule has 0 atom stereocenters. The molecule has 4 aromatic rings. The lowest BCUT2D eigenvalue weighted by Gasteiger charge is -2.21. The van der Waals surface area contributed by atoms with E-state index in [1.165, 1.54) is 6.08 Å². The fourth-order valence-electron chi connectivity index (χ4n) is 3.78. The summed E-state index contributed by atoms with van der Waals surface area (Å²) in [5, 5.41) is 8.00. The molecule has 0 aliphatic rings. The lowest BCUT2D eigenvalue weighted by molar-refractivity contribution is -0.115. The first-order valence-corrected chi connectivity index (χ1v) is 11.7. The van der Waals surface area contributed by atoms with E-state index >= 15 is 0 Å². The van der Waals surface area contributed by atoms with Gasteiger partial charge in [-0.1, -0.05) is 60.7 Å². The molecule has 35 heavy (non-hydrogen) atoms. The van der Waals surface area contributed by atoms with Crippen LogP contribution in [-0.2, 0) is 4.79 Å². The molecule has 5 nitrogen and oxygen atoms in total. The summed E-state index contributed by atoms with van der Waals surface area (Å²) >= 11 is 5.28. The quantitative estimate of drug-likeness (QED) is 0.262. The van der Waals surface area contributed by atoms with E-state index in [1.807, 2.05) is 79.7 Å². The summed E-state index contributed by atoms with van der Waals surface area (Å²) in [4.78, 5) is 27.0. The van der Waals surface area contributed by atoms with Crippen LogP contribution in [-0.4, -0.2) is 23.5 Å². The third kappa shape index (κ3) is 5.99. The maximum atomic E-state index is 12.9. The molecule has 2 N–H and O–H groups in total. The Balaban J connectivity index is 1.35. The third-order valence-corrected chi connectivity index (χ3v) is 5.70. The Hall–Kier alpha value is -4.29. The van der Waals surface area contributed by atoms with Gasteiger partial charge in [-0.2, -0.15) is 0 Å². The molecule has 0 fully saturated rings. The van der Waals surface area contributed by atoms with Crippen LogP contribution in [0.2, 0.25) is 0 Å². The Morgan fingerprint density at radius 2 is 1.54 bits per heavy atom. The van der Waals surface area contributed by atoms with Gasteiger partial charge in [0.1, 0.15) is 0 Å². The first-order chi connectivity index (χ1) is 17.0. The van der Waals surface area contributed by atoms with E-state index in [9.17, 15) is 9.59 Å². The van der Waals surface area contributed by atoms with Crippen LogP contribution < -0.4 is 15.5 Å². The van der Waals surface area contributed by atoms with Gasteiger partial charge in [-0.25, -0.2) is 0 Å². The van der Waals surface area contributed by atoms with Crippen molar-refractivity contribution < 1.29 is 9.59 Å². The number of benzene rings is 4. The number of carbonyl (C=O) groups is 2. The monoisotopic (exact) mass is 479 g/mol. The largest absolute Gasteiger partial charge is 0.332 e. The maximum absolute atomic E-state index is 12.9. The lowest BCUT2D eigenvalue weighted by atomic mass is 10.0. The van der Waals surface area contributed by atoms with Crippen molar-refractivity contribution in [1.82, 2.24) is 5.32 Å². The smallest absolute Gasteiger partial charge is 0.258 e. The van der Waals surface area contributed by atoms with Crippen molar-refractivity contribution >= 4 is 57.4 Å². The summed E-state index contributed by atoms with van der Waals surface area (Å²) in [6.45, 7) is 2.50. The first-order valence-electron chi connectivity index (χ1n) is 11.3. The highest BCUT2D eigenvalue weighted by Crippen LogP contribution is 2.20.